The number of rotatable bonds is 2. The van der Waals surface area contributed by atoms with Gasteiger partial charge in [0.05, 0.1) is 4.47 Å². The molecule has 0 spiro atoms. The quantitative estimate of drug-likeness (QED) is 0.900. The second kappa shape index (κ2) is 5.57. The molecule has 0 bridgehead atoms. The fraction of sp³-hybridized carbons (Fsp3) is 0.571. The average molecular weight is 315 g/mol. The number of halogens is 2. The molecule has 2 nitrogen and oxygen atoms in total. The summed E-state index contributed by atoms with van der Waals surface area (Å²) in [5.41, 5.74) is 0.976. The van der Waals surface area contributed by atoms with Crippen LogP contribution in [0.3, 0.4) is 0 Å². The molecule has 1 aliphatic rings. The van der Waals surface area contributed by atoms with Crippen LogP contribution in [0.15, 0.2) is 22.7 Å². The second-order valence-electron chi connectivity index (χ2n) is 5.08. The van der Waals surface area contributed by atoms with Crippen LogP contribution in [0.2, 0.25) is 0 Å². The molecule has 1 N–H and O–H groups in total. The third-order valence-corrected chi connectivity index (χ3v) is 4.82. The summed E-state index contributed by atoms with van der Waals surface area (Å²) in [6.07, 6.45) is 1.10. The van der Waals surface area contributed by atoms with Crippen molar-refractivity contribution < 1.29 is 4.39 Å². The summed E-state index contributed by atoms with van der Waals surface area (Å²) >= 11 is 3.20. The Labute approximate surface area is 117 Å². The van der Waals surface area contributed by atoms with E-state index in [9.17, 15) is 4.39 Å². The molecule has 18 heavy (non-hydrogen) atoms. The Morgan fingerprint density at radius 2 is 2.11 bits per heavy atom. The van der Waals surface area contributed by atoms with Gasteiger partial charge >= 0.3 is 0 Å². The van der Waals surface area contributed by atoms with Gasteiger partial charge in [0.1, 0.15) is 5.82 Å². The normalized spacial score (nSPS) is 28.5. The summed E-state index contributed by atoms with van der Waals surface area (Å²) in [6.45, 7) is 5.44. The van der Waals surface area contributed by atoms with Crippen molar-refractivity contribution in [3.8, 4) is 0 Å². The van der Waals surface area contributed by atoms with Crippen molar-refractivity contribution >= 4 is 21.6 Å². The molecule has 2 rings (SSSR count). The fourth-order valence-corrected chi connectivity index (χ4v) is 3.05. The van der Waals surface area contributed by atoms with Crippen molar-refractivity contribution in [3.63, 3.8) is 0 Å². The zero-order valence-corrected chi connectivity index (χ0v) is 12.7. The maximum absolute atomic E-state index is 13.6. The lowest BCUT2D eigenvalue weighted by atomic mass is 9.87. The third-order valence-electron chi connectivity index (χ3n) is 4.17. The maximum Gasteiger partial charge on any atom is 0.139 e. The summed E-state index contributed by atoms with van der Waals surface area (Å²) < 4.78 is 14.1. The van der Waals surface area contributed by atoms with Crippen LogP contribution in [-0.2, 0) is 0 Å². The zero-order chi connectivity index (χ0) is 13.3. The molecule has 1 heterocycles. The number of anilines is 1. The van der Waals surface area contributed by atoms with Gasteiger partial charge in [-0.15, -0.1) is 0 Å². The van der Waals surface area contributed by atoms with Gasteiger partial charge in [-0.1, -0.05) is 6.92 Å². The molecule has 4 heteroatoms. The largest absolute Gasteiger partial charge is 0.368 e. The van der Waals surface area contributed by atoms with Gasteiger partial charge in [-0.05, 0) is 60.4 Å². The van der Waals surface area contributed by atoms with Crippen molar-refractivity contribution in [3.05, 3.63) is 28.5 Å². The van der Waals surface area contributed by atoms with E-state index >= 15 is 0 Å². The Hall–Kier alpha value is -0.610. The average Bonchev–Trinajstić information content (AvgIpc) is 2.36. The third kappa shape index (κ3) is 2.54. The van der Waals surface area contributed by atoms with Crippen molar-refractivity contribution in [1.82, 2.24) is 5.32 Å². The Morgan fingerprint density at radius 3 is 2.72 bits per heavy atom. The Kier molecular flexibility index (Phi) is 4.28. The van der Waals surface area contributed by atoms with E-state index in [0.717, 1.165) is 18.7 Å². The minimum atomic E-state index is -0.192. The minimum Gasteiger partial charge on any atom is -0.368 e. The lowest BCUT2D eigenvalue weighted by Crippen LogP contribution is -2.52. The predicted octanol–water partition coefficient (Wildman–Crippen LogP) is 3.41. The van der Waals surface area contributed by atoms with E-state index in [2.05, 4.69) is 40.0 Å². The van der Waals surface area contributed by atoms with E-state index in [0.29, 0.717) is 22.5 Å². The SMILES string of the molecule is CNC1CCN(c2ccc(Br)c(F)c2)C(C)C1C. The Balaban J connectivity index is 2.21. The molecule has 1 aromatic rings. The van der Waals surface area contributed by atoms with Crippen LogP contribution in [0, 0.1) is 11.7 Å². The first-order valence-electron chi connectivity index (χ1n) is 6.43. The molecule has 3 atom stereocenters. The first kappa shape index (κ1) is 13.8. The smallest absolute Gasteiger partial charge is 0.139 e. The van der Waals surface area contributed by atoms with Gasteiger partial charge in [-0.3, -0.25) is 0 Å². The van der Waals surface area contributed by atoms with Crippen LogP contribution in [0.5, 0.6) is 0 Å². The number of piperidine rings is 1. The standard InChI is InChI=1S/C14H20BrFN2/c1-9-10(2)18(7-6-14(9)17-3)11-4-5-12(15)13(16)8-11/h4-5,8-10,14,17H,6-7H2,1-3H3. The summed E-state index contributed by atoms with van der Waals surface area (Å²) in [5.74, 6) is 0.360. The van der Waals surface area contributed by atoms with Crippen LogP contribution in [-0.4, -0.2) is 25.7 Å². The topological polar surface area (TPSA) is 15.3 Å². The summed E-state index contributed by atoms with van der Waals surface area (Å²) in [4.78, 5) is 2.30. The molecule has 100 valence electrons. The summed E-state index contributed by atoms with van der Waals surface area (Å²) in [5, 5.41) is 3.37. The molecule has 0 saturated carbocycles. The minimum absolute atomic E-state index is 0.192. The predicted molar refractivity (Wildman–Crippen MR) is 77.5 cm³/mol. The van der Waals surface area contributed by atoms with Gasteiger partial charge in [0.25, 0.3) is 0 Å². The van der Waals surface area contributed by atoms with Crippen molar-refractivity contribution in [1.29, 1.82) is 0 Å². The molecule has 1 aliphatic heterocycles. The molecule has 0 radical (unpaired) electrons. The van der Waals surface area contributed by atoms with Gasteiger partial charge in [0, 0.05) is 24.3 Å². The molecular weight excluding hydrogens is 295 g/mol. The summed E-state index contributed by atoms with van der Waals surface area (Å²) in [7, 11) is 2.02. The molecular formula is C14H20BrFN2. The first-order chi connectivity index (χ1) is 8.54. The van der Waals surface area contributed by atoms with E-state index < -0.39 is 0 Å². The van der Waals surface area contributed by atoms with E-state index in [1.54, 1.807) is 12.1 Å². The van der Waals surface area contributed by atoms with Gasteiger partial charge in [-0.2, -0.15) is 0 Å². The Morgan fingerprint density at radius 1 is 1.39 bits per heavy atom. The van der Waals surface area contributed by atoms with Gasteiger partial charge in [0.15, 0.2) is 0 Å². The molecule has 1 saturated heterocycles. The first-order valence-corrected chi connectivity index (χ1v) is 7.23. The number of benzene rings is 1. The molecule has 1 aromatic carbocycles. The lowest BCUT2D eigenvalue weighted by Gasteiger charge is -2.44. The maximum atomic E-state index is 13.6. The lowest BCUT2D eigenvalue weighted by molar-refractivity contribution is 0.282. The zero-order valence-electron chi connectivity index (χ0n) is 11.1. The number of nitrogens with one attached hydrogen (secondary N) is 1. The van der Waals surface area contributed by atoms with Gasteiger partial charge in [0.2, 0.25) is 0 Å². The highest BCUT2D eigenvalue weighted by Gasteiger charge is 2.31. The van der Waals surface area contributed by atoms with E-state index in [1.807, 2.05) is 13.1 Å². The number of nitrogens with zero attached hydrogens (tertiary/aromatic N) is 1. The summed E-state index contributed by atoms with van der Waals surface area (Å²) in [6, 6.07) is 6.35. The van der Waals surface area contributed by atoms with Crippen LogP contribution < -0.4 is 10.2 Å². The van der Waals surface area contributed by atoms with E-state index in [1.165, 1.54) is 0 Å². The van der Waals surface area contributed by atoms with Crippen molar-refractivity contribution in [2.24, 2.45) is 5.92 Å². The molecule has 0 aliphatic carbocycles. The monoisotopic (exact) mass is 314 g/mol. The highest BCUT2D eigenvalue weighted by molar-refractivity contribution is 9.10. The van der Waals surface area contributed by atoms with Crippen LogP contribution in [0.25, 0.3) is 0 Å². The van der Waals surface area contributed by atoms with Gasteiger partial charge in [-0.25, -0.2) is 4.39 Å². The van der Waals surface area contributed by atoms with E-state index in [-0.39, 0.29) is 5.82 Å². The fourth-order valence-electron chi connectivity index (χ4n) is 2.80. The van der Waals surface area contributed by atoms with Crippen LogP contribution in [0.1, 0.15) is 20.3 Å². The number of hydrogen-bond donors (Lipinski definition) is 1. The van der Waals surface area contributed by atoms with E-state index in [4.69, 9.17) is 0 Å². The highest BCUT2D eigenvalue weighted by Crippen LogP contribution is 2.30. The molecule has 3 unspecified atom stereocenters. The van der Waals surface area contributed by atoms with Crippen molar-refractivity contribution in [2.75, 3.05) is 18.5 Å². The molecule has 0 amide bonds. The second-order valence-corrected chi connectivity index (χ2v) is 5.93. The highest BCUT2D eigenvalue weighted by atomic mass is 79.9. The van der Waals surface area contributed by atoms with Gasteiger partial charge < -0.3 is 10.2 Å². The molecule has 0 aromatic heterocycles. The van der Waals surface area contributed by atoms with Crippen LogP contribution in [0.4, 0.5) is 10.1 Å². The van der Waals surface area contributed by atoms with Crippen molar-refractivity contribution in [2.45, 2.75) is 32.4 Å². The Bertz CT molecular complexity index is 424. The van der Waals surface area contributed by atoms with Crippen LogP contribution >= 0.6 is 15.9 Å². The number of hydrogen-bond acceptors (Lipinski definition) is 2. The molecule has 1 fully saturated rings.